The van der Waals surface area contributed by atoms with E-state index in [2.05, 4.69) is 21.2 Å². The fourth-order valence-corrected chi connectivity index (χ4v) is 2.25. The Hall–Kier alpha value is -0.880. The summed E-state index contributed by atoms with van der Waals surface area (Å²) in [6.45, 7) is 5.06. The van der Waals surface area contributed by atoms with Gasteiger partial charge in [-0.05, 0) is 38.5 Å². The van der Waals surface area contributed by atoms with Gasteiger partial charge in [0.1, 0.15) is 5.25 Å². The van der Waals surface area contributed by atoms with E-state index in [1.165, 1.54) is 6.92 Å². The molecule has 19 heavy (non-hydrogen) atoms. The van der Waals surface area contributed by atoms with E-state index in [1.54, 1.807) is 0 Å². The van der Waals surface area contributed by atoms with Crippen LogP contribution in [-0.4, -0.2) is 25.8 Å². The maximum absolute atomic E-state index is 11.9. The number of amides is 1. The van der Waals surface area contributed by atoms with Crippen molar-refractivity contribution in [3.63, 3.8) is 0 Å². The summed E-state index contributed by atoms with van der Waals surface area (Å²) >= 11 is 3.35. The quantitative estimate of drug-likeness (QED) is 0.908. The van der Waals surface area contributed by atoms with Crippen LogP contribution in [0.1, 0.15) is 26.3 Å². The van der Waals surface area contributed by atoms with Gasteiger partial charge in [-0.3, -0.25) is 4.79 Å². The standard InChI is InChI=1S/C13H18BrNO3S/c1-9(19(4,17)18)12(16)15-13(2,3)10-5-7-11(14)8-6-10/h5-9H,1-4H3,(H,15,16). The molecule has 0 aliphatic rings. The van der Waals surface area contributed by atoms with E-state index in [4.69, 9.17) is 0 Å². The van der Waals surface area contributed by atoms with Gasteiger partial charge in [-0.2, -0.15) is 0 Å². The van der Waals surface area contributed by atoms with Crippen LogP contribution < -0.4 is 5.32 Å². The predicted molar refractivity (Wildman–Crippen MR) is 79.6 cm³/mol. The Bertz CT molecular complexity index is 564. The summed E-state index contributed by atoms with van der Waals surface area (Å²) in [6, 6.07) is 7.53. The monoisotopic (exact) mass is 347 g/mol. The van der Waals surface area contributed by atoms with Gasteiger partial charge in [0.15, 0.2) is 9.84 Å². The first-order chi connectivity index (χ1) is 8.54. The topological polar surface area (TPSA) is 63.2 Å². The van der Waals surface area contributed by atoms with Crippen LogP contribution in [0.4, 0.5) is 0 Å². The molecule has 1 aromatic rings. The van der Waals surface area contributed by atoms with Gasteiger partial charge in [-0.25, -0.2) is 8.42 Å². The first-order valence-electron chi connectivity index (χ1n) is 5.81. The summed E-state index contributed by atoms with van der Waals surface area (Å²) in [5.74, 6) is -0.490. The number of rotatable bonds is 4. The largest absolute Gasteiger partial charge is 0.346 e. The SMILES string of the molecule is CC(C(=O)NC(C)(C)c1ccc(Br)cc1)S(C)(=O)=O. The molecule has 0 aliphatic heterocycles. The van der Waals surface area contributed by atoms with E-state index in [-0.39, 0.29) is 0 Å². The third kappa shape index (κ3) is 4.31. The smallest absolute Gasteiger partial charge is 0.238 e. The van der Waals surface area contributed by atoms with Crippen LogP contribution in [0.25, 0.3) is 0 Å². The number of hydrogen-bond donors (Lipinski definition) is 1. The summed E-state index contributed by atoms with van der Waals surface area (Å²) in [4.78, 5) is 11.9. The lowest BCUT2D eigenvalue weighted by atomic mass is 9.94. The molecule has 1 unspecified atom stereocenters. The van der Waals surface area contributed by atoms with E-state index in [0.717, 1.165) is 16.3 Å². The van der Waals surface area contributed by atoms with Gasteiger partial charge >= 0.3 is 0 Å². The molecular weight excluding hydrogens is 330 g/mol. The van der Waals surface area contributed by atoms with Gasteiger partial charge in [-0.1, -0.05) is 28.1 Å². The molecule has 0 radical (unpaired) electrons. The first kappa shape index (κ1) is 16.2. The van der Waals surface area contributed by atoms with Crippen LogP contribution in [0.2, 0.25) is 0 Å². The third-order valence-corrected chi connectivity index (χ3v) is 5.04. The Morgan fingerprint density at radius 3 is 2.16 bits per heavy atom. The van der Waals surface area contributed by atoms with Crippen molar-refractivity contribution in [1.29, 1.82) is 0 Å². The number of halogens is 1. The van der Waals surface area contributed by atoms with E-state index in [0.29, 0.717) is 0 Å². The third-order valence-electron chi connectivity index (χ3n) is 3.01. The summed E-state index contributed by atoms with van der Waals surface area (Å²) in [5.41, 5.74) is 0.279. The van der Waals surface area contributed by atoms with Gasteiger partial charge in [-0.15, -0.1) is 0 Å². The van der Waals surface area contributed by atoms with Crippen molar-refractivity contribution in [1.82, 2.24) is 5.32 Å². The molecule has 106 valence electrons. The summed E-state index contributed by atoms with van der Waals surface area (Å²) in [6.07, 6.45) is 1.06. The van der Waals surface area contributed by atoms with Crippen molar-refractivity contribution in [2.75, 3.05) is 6.26 Å². The molecule has 6 heteroatoms. The minimum atomic E-state index is -3.38. The molecule has 0 saturated carbocycles. The van der Waals surface area contributed by atoms with Gasteiger partial charge in [0, 0.05) is 10.7 Å². The molecule has 1 N–H and O–H groups in total. The number of nitrogens with one attached hydrogen (secondary N) is 1. The fraction of sp³-hybridized carbons (Fsp3) is 0.462. The van der Waals surface area contributed by atoms with Crippen LogP contribution in [0.3, 0.4) is 0 Å². The zero-order valence-electron chi connectivity index (χ0n) is 11.4. The second-order valence-corrected chi connectivity index (χ2v) is 8.37. The second-order valence-electron chi connectivity index (χ2n) is 5.09. The lowest BCUT2D eigenvalue weighted by molar-refractivity contribution is -0.122. The van der Waals surface area contributed by atoms with Crippen molar-refractivity contribution in [3.8, 4) is 0 Å². The van der Waals surface area contributed by atoms with Gasteiger partial charge in [0.05, 0.1) is 5.54 Å². The van der Waals surface area contributed by atoms with E-state index in [1.807, 2.05) is 38.1 Å². The minimum absolute atomic E-state index is 0.490. The Morgan fingerprint density at radius 2 is 1.74 bits per heavy atom. The average Bonchev–Trinajstić information content (AvgIpc) is 2.26. The van der Waals surface area contributed by atoms with Crippen molar-refractivity contribution in [2.45, 2.75) is 31.6 Å². The summed E-state index contributed by atoms with van der Waals surface area (Å²) in [5, 5.41) is 1.71. The molecule has 1 amide bonds. The molecule has 0 heterocycles. The van der Waals surface area contributed by atoms with Crippen LogP contribution in [-0.2, 0) is 20.2 Å². The lowest BCUT2D eigenvalue weighted by Gasteiger charge is -2.28. The highest BCUT2D eigenvalue weighted by atomic mass is 79.9. The normalized spacial score (nSPS) is 13.9. The van der Waals surface area contributed by atoms with Crippen LogP contribution >= 0.6 is 15.9 Å². The van der Waals surface area contributed by atoms with Crippen LogP contribution in [0.5, 0.6) is 0 Å². The molecule has 0 aromatic heterocycles. The minimum Gasteiger partial charge on any atom is -0.346 e. The highest BCUT2D eigenvalue weighted by Gasteiger charge is 2.29. The second kappa shape index (κ2) is 5.63. The molecule has 0 fully saturated rings. The van der Waals surface area contributed by atoms with Crippen molar-refractivity contribution in [2.24, 2.45) is 0 Å². The molecule has 0 bridgehead atoms. The number of benzene rings is 1. The Morgan fingerprint density at radius 1 is 1.26 bits per heavy atom. The zero-order chi connectivity index (χ0) is 14.8. The summed E-state index contributed by atoms with van der Waals surface area (Å²) < 4.78 is 23.7. The highest BCUT2D eigenvalue weighted by Crippen LogP contribution is 2.22. The maximum Gasteiger partial charge on any atom is 0.238 e. The molecule has 1 aromatic carbocycles. The number of hydrogen-bond acceptors (Lipinski definition) is 3. The lowest BCUT2D eigenvalue weighted by Crippen LogP contribution is -2.47. The Kier molecular flexibility index (Phi) is 4.79. The van der Waals surface area contributed by atoms with E-state index in [9.17, 15) is 13.2 Å². The Balaban J connectivity index is 2.91. The molecule has 1 atom stereocenters. The van der Waals surface area contributed by atoms with Crippen molar-refractivity contribution in [3.05, 3.63) is 34.3 Å². The zero-order valence-corrected chi connectivity index (χ0v) is 13.8. The average molecular weight is 348 g/mol. The van der Waals surface area contributed by atoms with Crippen molar-refractivity contribution >= 4 is 31.7 Å². The Labute approximate surface area is 122 Å². The first-order valence-corrected chi connectivity index (χ1v) is 8.56. The van der Waals surface area contributed by atoms with E-state index < -0.39 is 26.5 Å². The van der Waals surface area contributed by atoms with Crippen molar-refractivity contribution < 1.29 is 13.2 Å². The van der Waals surface area contributed by atoms with Gasteiger partial charge in [0.25, 0.3) is 0 Å². The van der Waals surface area contributed by atoms with E-state index >= 15 is 0 Å². The predicted octanol–water partition coefficient (Wildman–Crippen LogP) is 2.23. The van der Waals surface area contributed by atoms with Gasteiger partial charge < -0.3 is 5.32 Å². The fourth-order valence-electron chi connectivity index (χ4n) is 1.54. The van der Waals surface area contributed by atoms with Crippen LogP contribution in [0, 0.1) is 0 Å². The highest BCUT2D eigenvalue weighted by molar-refractivity contribution is 9.10. The molecular formula is C13H18BrNO3S. The van der Waals surface area contributed by atoms with Gasteiger partial charge in [0.2, 0.25) is 5.91 Å². The molecule has 0 aliphatic carbocycles. The maximum atomic E-state index is 11.9. The van der Waals surface area contributed by atoms with Crippen LogP contribution in [0.15, 0.2) is 28.7 Å². The molecule has 4 nitrogen and oxygen atoms in total. The number of sulfone groups is 1. The molecule has 0 saturated heterocycles. The molecule has 0 spiro atoms. The number of carbonyl (C=O) groups excluding carboxylic acids is 1. The number of carbonyl (C=O) groups is 1. The summed E-state index contributed by atoms with van der Waals surface area (Å²) in [7, 11) is -3.38. The molecule has 1 rings (SSSR count).